The van der Waals surface area contributed by atoms with Gasteiger partial charge in [-0.2, -0.15) is 0 Å². The van der Waals surface area contributed by atoms with Crippen molar-refractivity contribution in [1.29, 1.82) is 0 Å². The van der Waals surface area contributed by atoms with Crippen molar-refractivity contribution < 1.29 is 4.79 Å². The number of carbonyl (C=O) groups excluding carboxylic acids is 1. The summed E-state index contributed by atoms with van der Waals surface area (Å²) >= 11 is 0. The summed E-state index contributed by atoms with van der Waals surface area (Å²) in [6, 6.07) is 3.38. The second kappa shape index (κ2) is 5.03. The quantitative estimate of drug-likeness (QED) is 0.579. The summed E-state index contributed by atoms with van der Waals surface area (Å²) in [6.45, 7) is 1.75. The number of hydrogen-bond acceptors (Lipinski definition) is 3. The van der Waals surface area contributed by atoms with Crippen LogP contribution in [0.5, 0.6) is 0 Å². The molecule has 0 spiro atoms. The maximum atomic E-state index is 11.5. The Labute approximate surface area is 83.3 Å². The summed E-state index contributed by atoms with van der Waals surface area (Å²) in [5, 5.41) is 0. The molecule has 1 aromatic heterocycles. The summed E-state index contributed by atoms with van der Waals surface area (Å²) in [5.74, 6) is 5.51. The zero-order valence-electron chi connectivity index (χ0n) is 8.08. The summed E-state index contributed by atoms with van der Waals surface area (Å²) < 4.78 is 0. The van der Waals surface area contributed by atoms with Crippen molar-refractivity contribution >= 4 is 11.5 Å². The normalized spacial score (nSPS) is 8.93. The van der Waals surface area contributed by atoms with Crippen molar-refractivity contribution in [2.75, 3.05) is 5.73 Å². The topological polar surface area (TPSA) is 56.0 Å². The van der Waals surface area contributed by atoms with Crippen molar-refractivity contribution in [2.45, 2.75) is 19.8 Å². The molecule has 0 radical (unpaired) electrons. The van der Waals surface area contributed by atoms with Crippen LogP contribution in [0.2, 0.25) is 0 Å². The molecule has 0 aliphatic carbocycles. The number of ketones is 1. The smallest absolute Gasteiger partial charge is 0.184 e. The molecule has 0 aromatic carbocycles. The minimum absolute atomic E-state index is 0.0501. The van der Waals surface area contributed by atoms with Crippen LogP contribution >= 0.6 is 0 Å². The van der Waals surface area contributed by atoms with Gasteiger partial charge < -0.3 is 5.73 Å². The summed E-state index contributed by atoms with van der Waals surface area (Å²) in [4.78, 5) is 15.5. The molecule has 2 N–H and O–H groups in total. The predicted molar refractivity (Wildman–Crippen MR) is 55.7 cm³/mol. The Kier molecular flexibility index (Phi) is 3.69. The van der Waals surface area contributed by atoms with E-state index >= 15 is 0 Å². The molecule has 3 heteroatoms. The third-order valence-corrected chi connectivity index (χ3v) is 1.76. The van der Waals surface area contributed by atoms with Gasteiger partial charge >= 0.3 is 0 Å². The van der Waals surface area contributed by atoms with Gasteiger partial charge in [-0.3, -0.25) is 9.78 Å². The lowest BCUT2D eigenvalue weighted by molar-refractivity contribution is 0.0980. The Morgan fingerprint density at radius 3 is 3.07 bits per heavy atom. The van der Waals surface area contributed by atoms with Crippen LogP contribution in [0.1, 0.15) is 30.3 Å². The van der Waals surface area contributed by atoms with E-state index in [9.17, 15) is 4.79 Å². The minimum atomic E-state index is -0.0501. The number of carbonyl (C=O) groups is 1. The fourth-order valence-electron chi connectivity index (χ4n) is 1.07. The van der Waals surface area contributed by atoms with Crippen LogP contribution in [0.25, 0.3) is 0 Å². The molecule has 1 rings (SSSR count). The van der Waals surface area contributed by atoms with Gasteiger partial charge in [-0.05, 0) is 19.1 Å². The van der Waals surface area contributed by atoms with E-state index in [4.69, 9.17) is 5.73 Å². The number of Topliss-reactive ketones (excluding diaryl/α,β-unsaturated/α-hetero) is 1. The maximum Gasteiger partial charge on any atom is 0.184 e. The number of rotatable bonds is 3. The number of aromatic nitrogens is 1. The number of anilines is 1. The van der Waals surface area contributed by atoms with Crippen molar-refractivity contribution in [3.63, 3.8) is 0 Å². The van der Waals surface area contributed by atoms with Crippen molar-refractivity contribution in [1.82, 2.24) is 4.98 Å². The first-order chi connectivity index (χ1) is 6.75. The van der Waals surface area contributed by atoms with E-state index in [0.29, 0.717) is 24.2 Å². The molecule has 1 aromatic rings. The molecule has 14 heavy (non-hydrogen) atoms. The largest absolute Gasteiger partial charge is 0.397 e. The Hall–Kier alpha value is -1.82. The molecule has 1 heterocycles. The first-order valence-corrected chi connectivity index (χ1v) is 4.39. The highest BCUT2D eigenvalue weighted by Crippen LogP contribution is 2.10. The highest BCUT2D eigenvalue weighted by molar-refractivity contribution is 5.98. The van der Waals surface area contributed by atoms with Gasteiger partial charge in [0.15, 0.2) is 5.78 Å². The molecular weight excluding hydrogens is 176 g/mol. The van der Waals surface area contributed by atoms with E-state index in [-0.39, 0.29) is 5.78 Å². The second-order valence-corrected chi connectivity index (χ2v) is 2.79. The van der Waals surface area contributed by atoms with Crippen LogP contribution in [-0.4, -0.2) is 10.8 Å². The van der Waals surface area contributed by atoms with Gasteiger partial charge in [0.25, 0.3) is 0 Å². The molecule has 0 unspecified atom stereocenters. The fraction of sp³-hybridized carbons (Fsp3) is 0.273. The molecule has 0 fully saturated rings. The maximum absolute atomic E-state index is 11.5. The third kappa shape index (κ3) is 2.60. The van der Waals surface area contributed by atoms with E-state index < -0.39 is 0 Å². The Balaban J connectivity index is 2.68. The average molecular weight is 188 g/mol. The lowest BCUT2D eigenvalue weighted by Crippen LogP contribution is -2.05. The van der Waals surface area contributed by atoms with Crippen LogP contribution in [0.4, 0.5) is 5.69 Å². The highest BCUT2D eigenvalue weighted by atomic mass is 16.1. The predicted octanol–water partition coefficient (Wildman–Crippen LogP) is 1.65. The Morgan fingerprint density at radius 1 is 1.64 bits per heavy atom. The first kappa shape index (κ1) is 10.3. The highest BCUT2D eigenvalue weighted by Gasteiger charge is 2.09. The Morgan fingerprint density at radius 2 is 2.43 bits per heavy atom. The van der Waals surface area contributed by atoms with Crippen LogP contribution in [0.3, 0.4) is 0 Å². The molecule has 0 amide bonds. The van der Waals surface area contributed by atoms with Gasteiger partial charge in [-0.15, -0.1) is 11.8 Å². The van der Waals surface area contributed by atoms with Crippen molar-refractivity contribution in [3.05, 3.63) is 24.0 Å². The molecular formula is C11H12N2O. The van der Waals surface area contributed by atoms with Crippen molar-refractivity contribution in [3.8, 4) is 11.8 Å². The summed E-state index contributed by atoms with van der Waals surface area (Å²) in [7, 11) is 0. The molecule has 3 nitrogen and oxygen atoms in total. The number of nitrogen functional groups attached to an aromatic ring is 1. The molecule has 0 saturated carbocycles. The zero-order chi connectivity index (χ0) is 10.4. The molecule has 72 valence electrons. The second-order valence-electron chi connectivity index (χ2n) is 2.79. The molecule has 0 aliphatic heterocycles. The first-order valence-electron chi connectivity index (χ1n) is 4.39. The van der Waals surface area contributed by atoms with E-state index in [1.807, 2.05) is 0 Å². The van der Waals surface area contributed by atoms with E-state index in [2.05, 4.69) is 16.8 Å². The Bertz CT molecular complexity index is 388. The van der Waals surface area contributed by atoms with Crippen LogP contribution in [-0.2, 0) is 0 Å². The number of nitrogens with two attached hydrogens (primary N) is 1. The van der Waals surface area contributed by atoms with E-state index in [1.165, 1.54) is 0 Å². The van der Waals surface area contributed by atoms with Crippen LogP contribution in [0.15, 0.2) is 18.3 Å². The average Bonchev–Trinajstić information content (AvgIpc) is 2.18. The van der Waals surface area contributed by atoms with Crippen LogP contribution in [0, 0.1) is 11.8 Å². The summed E-state index contributed by atoms with van der Waals surface area (Å²) in [5.41, 5.74) is 6.39. The van der Waals surface area contributed by atoms with Gasteiger partial charge in [-0.25, -0.2) is 0 Å². The van der Waals surface area contributed by atoms with Gasteiger partial charge in [0, 0.05) is 19.0 Å². The van der Waals surface area contributed by atoms with E-state index in [1.54, 1.807) is 25.3 Å². The van der Waals surface area contributed by atoms with Gasteiger partial charge in [0.05, 0.1) is 5.69 Å². The number of pyridine rings is 1. The fourth-order valence-corrected chi connectivity index (χ4v) is 1.07. The lowest BCUT2D eigenvalue weighted by atomic mass is 10.1. The SMILES string of the molecule is CC#CCCC(=O)c1ncccc1N. The monoisotopic (exact) mass is 188 g/mol. The molecule has 0 saturated heterocycles. The van der Waals surface area contributed by atoms with Gasteiger partial charge in [0.1, 0.15) is 5.69 Å². The minimum Gasteiger partial charge on any atom is -0.397 e. The van der Waals surface area contributed by atoms with Gasteiger partial charge in [0.2, 0.25) is 0 Å². The zero-order valence-corrected chi connectivity index (χ0v) is 8.08. The standard InChI is InChI=1S/C11H12N2O/c1-2-3-4-7-10(14)11-9(12)6-5-8-13-11/h5-6,8H,4,7,12H2,1H3. The number of nitrogens with zero attached hydrogens (tertiary/aromatic N) is 1. The van der Waals surface area contributed by atoms with E-state index in [0.717, 1.165) is 0 Å². The molecule has 0 atom stereocenters. The lowest BCUT2D eigenvalue weighted by Gasteiger charge is -2.00. The molecule has 0 bridgehead atoms. The third-order valence-electron chi connectivity index (χ3n) is 1.76. The van der Waals surface area contributed by atoms with Crippen LogP contribution < -0.4 is 5.73 Å². The van der Waals surface area contributed by atoms with Crippen molar-refractivity contribution in [2.24, 2.45) is 0 Å². The van der Waals surface area contributed by atoms with Gasteiger partial charge in [-0.1, -0.05) is 0 Å². The molecule has 0 aliphatic rings. The summed E-state index contributed by atoms with van der Waals surface area (Å²) in [6.07, 6.45) is 2.50. The number of hydrogen-bond donors (Lipinski definition) is 1.